The molecule has 0 saturated carbocycles. The fourth-order valence-electron chi connectivity index (χ4n) is 3.42. The van der Waals surface area contributed by atoms with Crippen molar-refractivity contribution in [2.45, 2.75) is 12.5 Å². The first kappa shape index (κ1) is 18.7. The van der Waals surface area contributed by atoms with Gasteiger partial charge in [-0.1, -0.05) is 35.9 Å². The fourth-order valence-corrected chi connectivity index (χ4v) is 5.24. The van der Waals surface area contributed by atoms with Crippen LogP contribution in [0.1, 0.15) is 12.0 Å². The predicted octanol–water partition coefficient (Wildman–Crippen LogP) is 2.96. The zero-order valence-electron chi connectivity index (χ0n) is 14.7. The summed E-state index contributed by atoms with van der Waals surface area (Å²) in [5.74, 6) is -0.157. The van der Waals surface area contributed by atoms with Crippen molar-refractivity contribution in [3.63, 3.8) is 0 Å². The molecule has 1 aliphatic rings. The summed E-state index contributed by atoms with van der Waals surface area (Å²) in [6.07, 6.45) is 1.91. The van der Waals surface area contributed by atoms with Gasteiger partial charge in [0.15, 0.2) is 9.84 Å². The Hall–Kier alpha value is -2.64. The van der Waals surface area contributed by atoms with Gasteiger partial charge in [0.25, 0.3) is 5.56 Å². The van der Waals surface area contributed by atoms with Gasteiger partial charge in [-0.15, -0.1) is 0 Å². The van der Waals surface area contributed by atoms with Crippen LogP contribution >= 0.6 is 11.6 Å². The van der Waals surface area contributed by atoms with Gasteiger partial charge < -0.3 is 5.11 Å². The van der Waals surface area contributed by atoms with Gasteiger partial charge in [0.2, 0.25) is 5.88 Å². The summed E-state index contributed by atoms with van der Waals surface area (Å²) in [5, 5.41) is 12.3. The Morgan fingerprint density at radius 3 is 2.57 bits per heavy atom. The van der Waals surface area contributed by atoms with Gasteiger partial charge in [0, 0.05) is 22.0 Å². The number of hydrogen-bond acceptors (Lipinski definition) is 5. The van der Waals surface area contributed by atoms with Crippen molar-refractivity contribution in [1.82, 2.24) is 4.57 Å². The van der Waals surface area contributed by atoms with E-state index in [9.17, 15) is 18.3 Å². The Morgan fingerprint density at radius 1 is 1.14 bits per heavy atom. The van der Waals surface area contributed by atoms with Gasteiger partial charge >= 0.3 is 0 Å². The lowest BCUT2D eigenvalue weighted by Gasteiger charge is -2.14. The molecule has 0 bridgehead atoms. The first-order chi connectivity index (χ1) is 13.4. The third kappa shape index (κ3) is 3.43. The van der Waals surface area contributed by atoms with E-state index in [2.05, 4.69) is 4.99 Å². The van der Waals surface area contributed by atoms with Crippen LogP contribution < -0.4 is 5.56 Å². The minimum atomic E-state index is -3.06. The number of halogens is 1. The van der Waals surface area contributed by atoms with Crippen LogP contribution in [0.2, 0.25) is 5.02 Å². The minimum Gasteiger partial charge on any atom is -0.494 e. The molecule has 1 fully saturated rings. The number of aromatic nitrogens is 1. The van der Waals surface area contributed by atoms with Crippen LogP contribution in [0, 0.1) is 0 Å². The molecule has 0 radical (unpaired) electrons. The number of fused-ring (bicyclic) bond motifs is 1. The second kappa shape index (κ2) is 7.07. The normalized spacial score (nSPS) is 18.8. The molecule has 2 heterocycles. The lowest BCUT2D eigenvalue weighted by atomic mass is 10.1. The van der Waals surface area contributed by atoms with Crippen LogP contribution in [0.4, 0.5) is 0 Å². The van der Waals surface area contributed by atoms with Crippen LogP contribution in [0.3, 0.4) is 0 Å². The summed E-state index contributed by atoms with van der Waals surface area (Å²) in [7, 11) is -3.06. The lowest BCUT2D eigenvalue weighted by Crippen LogP contribution is -2.20. The van der Waals surface area contributed by atoms with Crippen LogP contribution in [-0.2, 0) is 9.84 Å². The third-order valence-corrected chi connectivity index (χ3v) is 6.78. The zero-order chi connectivity index (χ0) is 19.9. The van der Waals surface area contributed by atoms with Gasteiger partial charge in [-0.2, -0.15) is 0 Å². The number of aromatic hydroxyl groups is 1. The van der Waals surface area contributed by atoms with Crippen LogP contribution in [0.5, 0.6) is 5.88 Å². The van der Waals surface area contributed by atoms with Gasteiger partial charge in [-0.05, 0) is 30.7 Å². The van der Waals surface area contributed by atoms with E-state index in [-0.39, 0.29) is 29.0 Å². The molecule has 4 rings (SSSR count). The number of pyridine rings is 1. The van der Waals surface area contributed by atoms with Gasteiger partial charge in [-0.3, -0.25) is 9.79 Å². The van der Waals surface area contributed by atoms with Crippen molar-refractivity contribution in [1.29, 1.82) is 0 Å². The second-order valence-electron chi connectivity index (χ2n) is 6.74. The SMILES string of the molecule is O=c1c2ccccc2c(C=NC2CCS(=O)(=O)C2)c(O)n1-c1cccc(Cl)c1. The van der Waals surface area contributed by atoms with Crippen molar-refractivity contribution in [3.05, 3.63) is 69.5 Å². The molecule has 144 valence electrons. The average Bonchev–Trinajstić information content (AvgIpc) is 3.01. The highest BCUT2D eigenvalue weighted by molar-refractivity contribution is 7.91. The molecule has 0 spiro atoms. The molecule has 28 heavy (non-hydrogen) atoms. The van der Waals surface area contributed by atoms with Crippen LogP contribution in [-0.4, -0.2) is 41.9 Å². The molecule has 1 aromatic heterocycles. The van der Waals surface area contributed by atoms with E-state index in [1.807, 2.05) is 0 Å². The summed E-state index contributed by atoms with van der Waals surface area (Å²) in [4.78, 5) is 17.4. The lowest BCUT2D eigenvalue weighted by molar-refractivity contribution is 0.436. The molecular weight excluding hydrogens is 400 g/mol. The van der Waals surface area contributed by atoms with Crippen molar-refractivity contribution in [2.24, 2.45) is 4.99 Å². The van der Waals surface area contributed by atoms with Crippen molar-refractivity contribution in [3.8, 4) is 11.6 Å². The van der Waals surface area contributed by atoms with E-state index in [1.165, 1.54) is 10.8 Å². The molecule has 1 unspecified atom stereocenters. The smallest absolute Gasteiger partial charge is 0.265 e. The topological polar surface area (TPSA) is 88.7 Å². The van der Waals surface area contributed by atoms with E-state index in [0.29, 0.717) is 33.5 Å². The number of rotatable bonds is 3. The highest BCUT2D eigenvalue weighted by Crippen LogP contribution is 2.27. The standard InChI is InChI=1S/C20H17ClN2O4S/c21-13-4-3-5-15(10-13)23-19(24)17-7-2-1-6-16(17)18(20(23)25)11-22-14-8-9-28(26,27)12-14/h1-7,10-11,14,25H,8-9,12H2. The largest absolute Gasteiger partial charge is 0.494 e. The Balaban J connectivity index is 1.92. The summed E-state index contributed by atoms with van der Waals surface area (Å²) in [5.41, 5.74) is 0.411. The second-order valence-corrected chi connectivity index (χ2v) is 9.40. The van der Waals surface area contributed by atoms with Gasteiger partial charge in [0.05, 0.1) is 28.8 Å². The molecule has 1 saturated heterocycles. The number of aliphatic imine (C=N–C) groups is 1. The van der Waals surface area contributed by atoms with E-state index in [0.717, 1.165) is 0 Å². The van der Waals surface area contributed by atoms with E-state index >= 15 is 0 Å². The molecular formula is C20H17ClN2O4S. The summed E-state index contributed by atoms with van der Waals surface area (Å²) in [6, 6.07) is 13.2. The van der Waals surface area contributed by atoms with E-state index in [4.69, 9.17) is 11.6 Å². The number of nitrogens with zero attached hydrogens (tertiary/aromatic N) is 2. The molecule has 3 aromatic rings. The third-order valence-electron chi connectivity index (χ3n) is 4.79. The van der Waals surface area contributed by atoms with Gasteiger partial charge in [-0.25, -0.2) is 13.0 Å². The van der Waals surface area contributed by atoms with Crippen molar-refractivity contribution >= 4 is 38.4 Å². The van der Waals surface area contributed by atoms with Gasteiger partial charge in [0.1, 0.15) is 0 Å². The fraction of sp³-hybridized carbons (Fsp3) is 0.200. The van der Waals surface area contributed by atoms with Crippen molar-refractivity contribution < 1.29 is 13.5 Å². The summed E-state index contributed by atoms with van der Waals surface area (Å²) in [6.45, 7) is 0. The molecule has 2 aromatic carbocycles. The van der Waals surface area contributed by atoms with Crippen LogP contribution in [0.15, 0.2) is 58.3 Å². The maximum atomic E-state index is 13.0. The zero-order valence-corrected chi connectivity index (χ0v) is 16.3. The Morgan fingerprint density at radius 2 is 1.89 bits per heavy atom. The molecule has 0 amide bonds. The first-order valence-corrected chi connectivity index (χ1v) is 10.9. The quantitative estimate of drug-likeness (QED) is 0.665. The molecule has 1 N–H and O–H groups in total. The summed E-state index contributed by atoms with van der Waals surface area (Å²) >= 11 is 6.05. The summed E-state index contributed by atoms with van der Waals surface area (Å²) < 4.78 is 24.5. The Labute approximate surface area is 166 Å². The molecule has 0 aliphatic carbocycles. The molecule has 6 nitrogen and oxygen atoms in total. The Kier molecular flexibility index (Phi) is 4.72. The first-order valence-electron chi connectivity index (χ1n) is 8.72. The predicted molar refractivity (Wildman–Crippen MR) is 111 cm³/mol. The number of sulfone groups is 1. The average molecular weight is 417 g/mol. The van der Waals surface area contributed by atoms with Crippen molar-refractivity contribution in [2.75, 3.05) is 11.5 Å². The van der Waals surface area contributed by atoms with E-state index < -0.39 is 9.84 Å². The molecule has 8 heteroatoms. The molecule has 1 aliphatic heterocycles. The van der Waals surface area contributed by atoms with E-state index in [1.54, 1.807) is 48.5 Å². The maximum absolute atomic E-state index is 13.0. The number of benzene rings is 2. The highest BCUT2D eigenvalue weighted by atomic mass is 35.5. The number of hydrogen-bond donors (Lipinski definition) is 1. The minimum absolute atomic E-state index is 0.00384. The Bertz CT molecular complexity index is 1260. The highest BCUT2D eigenvalue weighted by Gasteiger charge is 2.27. The molecule has 1 atom stereocenters. The maximum Gasteiger partial charge on any atom is 0.265 e. The monoisotopic (exact) mass is 416 g/mol. The van der Waals surface area contributed by atoms with Crippen LogP contribution in [0.25, 0.3) is 16.5 Å².